The number of amides is 1. The zero-order valence-corrected chi connectivity index (χ0v) is 33.4. The van der Waals surface area contributed by atoms with E-state index in [1.165, 1.54) is 9.47 Å². The third-order valence-corrected chi connectivity index (χ3v) is 23.3. The standard InChI is InChI=1S/C30H60N4O7Si3/c1-28(2,3)42(12,13)37-20-21-23(40-43(14,15)29(4,5)6)24(41-44(16,17)30(7,8)9)25(38-21)34-19-18-22(31-26(34)35)32-39-27(36)33(10)11/h18-19,21,23-25H,20H2,1-17H3,(H,31,32,35)/t21-,23+,24?,25-/m1/s1. The Kier molecular flexibility index (Phi) is 11.7. The number of nitrogens with one attached hydrogen (secondary N) is 1. The largest absolute Gasteiger partial charge is 0.433 e. The highest BCUT2D eigenvalue weighted by Gasteiger charge is 2.55. The summed E-state index contributed by atoms with van der Waals surface area (Å²) in [6, 6.07) is 1.57. The summed E-state index contributed by atoms with van der Waals surface area (Å²) in [5.74, 6) is 0.105. The molecule has 14 heteroatoms. The van der Waals surface area contributed by atoms with Gasteiger partial charge in [-0.05, 0) is 54.4 Å². The second-order valence-electron chi connectivity index (χ2n) is 16.7. The van der Waals surface area contributed by atoms with Crippen molar-refractivity contribution in [3.63, 3.8) is 0 Å². The zero-order valence-electron chi connectivity index (χ0n) is 30.4. The van der Waals surface area contributed by atoms with Crippen LogP contribution in [-0.4, -0.2) is 84.5 Å². The van der Waals surface area contributed by atoms with E-state index in [9.17, 15) is 9.59 Å². The van der Waals surface area contributed by atoms with Crippen LogP contribution in [-0.2, 0) is 22.9 Å². The van der Waals surface area contributed by atoms with Crippen molar-refractivity contribution in [1.82, 2.24) is 14.5 Å². The lowest BCUT2D eigenvalue weighted by atomic mass is 10.1. The quantitative estimate of drug-likeness (QED) is 0.208. The fraction of sp³-hybridized carbons (Fsp3) is 0.833. The van der Waals surface area contributed by atoms with Crippen LogP contribution in [0.1, 0.15) is 68.5 Å². The Labute approximate surface area is 268 Å². The van der Waals surface area contributed by atoms with E-state index < -0.39 is 61.3 Å². The molecule has 0 spiro atoms. The van der Waals surface area contributed by atoms with Crippen molar-refractivity contribution in [2.45, 2.75) is 141 Å². The summed E-state index contributed by atoms with van der Waals surface area (Å²) >= 11 is 0. The van der Waals surface area contributed by atoms with Crippen LogP contribution in [0.25, 0.3) is 0 Å². The molecule has 1 aliphatic rings. The maximum atomic E-state index is 13.5. The van der Waals surface area contributed by atoms with Gasteiger partial charge in [-0.2, -0.15) is 10.5 Å². The fourth-order valence-electron chi connectivity index (χ4n) is 3.73. The van der Waals surface area contributed by atoms with Crippen LogP contribution in [0.4, 0.5) is 10.6 Å². The molecule has 1 amide bonds. The number of carbonyl (C=O) groups excluding carboxylic acids is 1. The van der Waals surface area contributed by atoms with E-state index in [2.05, 4.69) is 112 Å². The predicted molar refractivity (Wildman–Crippen MR) is 183 cm³/mol. The van der Waals surface area contributed by atoms with E-state index in [-0.39, 0.29) is 20.9 Å². The van der Waals surface area contributed by atoms with Crippen LogP contribution in [0.3, 0.4) is 0 Å². The molecular formula is C30H60N4O7Si3. The molecule has 2 rings (SSSR count). The van der Waals surface area contributed by atoms with Crippen LogP contribution in [0.15, 0.2) is 17.1 Å². The number of nitrogens with zero attached hydrogens (tertiary/aromatic N) is 3. The van der Waals surface area contributed by atoms with Gasteiger partial charge in [-0.1, -0.05) is 62.3 Å². The van der Waals surface area contributed by atoms with Crippen LogP contribution >= 0.6 is 0 Å². The first kappa shape index (κ1) is 38.6. The van der Waals surface area contributed by atoms with Gasteiger partial charge in [-0.3, -0.25) is 4.57 Å². The predicted octanol–water partition coefficient (Wildman–Crippen LogP) is 6.97. The molecule has 1 fully saturated rings. The Morgan fingerprint density at radius 2 is 1.36 bits per heavy atom. The minimum atomic E-state index is -2.38. The monoisotopic (exact) mass is 672 g/mol. The number of aromatic nitrogens is 2. The Bertz CT molecular complexity index is 1200. The molecule has 0 aromatic carbocycles. The van der Waals surface area contributed by atoms with Gasteiger partial charge in [0.15, 0.2) is 37.0 Å². The van der Waals surface area contributed by atoms with Gasteiger partial charge < -0.3 is 27.8 Å². The number of hydrogen-bond donors (Lipinski definition) is 1. The lowest BCUT2D eigenvalue weighted by Gasteiger charge is -2.44. The third-order valence-electron chi connectivity index (χ3n) is 9.89. The molecule has 1 aromatic heterocycles. The van der Waals surface area contributed by atoms with Crippen LogP contribution < -0.4 is 11.2 Å². The summed E-state index contributed by atoms with van der Waals surface area (Å²) in [7, 11) is -3.72. The van der Waals surface area contributed by atoms with Crippen molar-refractivity contribution in [1.29, 1.82) is 0 Å². The molecule has 1 aromatic rings. The van der Waals surface area contributed by atoms with Gasteiger partial charge in [0.2, 0.25) is 0 Å². The molecule has 4 atom stereocenters. The van der Waals surface area contributed by atoms with Crippen LogP contribution in [0, 0.1) is 0 Å². The molecule has 0 radical (unpaired) electrons. The number of ether oxygens (including phenoxy) is 1. The van der Waals surface area contributed by atoms with Crippen LogP contribution in [0.2, 0.25) is 54.4 Å². The highest BCUT2D eigenvalue weighted by atomic mass is 28.4. The summed E-state index contributed by atoms with van der Waals surface area (Å²) in [5.41, 5.74) is 1.89. The Hall–Kier alpha value is -1.56. The van der Waals surface area contributed by atoms with E-state index in [4.69, 9.17) is 22.9 Å². The first-order chi connectivity index (χ1) is 19.6. The van der Waals surface area contributed by atoms with Crippen molar-refractivity contribution >= 4 is 36.9 Å². The maximum absolute atomic E-state index is 13.5. The highest BCUT2D eigenvalue weighted by Crippen LogP contribution is 2.46. The van der Waals surface area contributed by atoms with Crippen molar-refractivity contribution < 1.29 is 27.6 Å². The van der Waals surface area contributed by atoms with Gasteiger partial charge >= 0.3 is 11.8 Å². The molecular weight excluding hydrogens is 613 g/mol. The average Bonchev–Trinajstić information content (AvgIpc) is 3.14. The topological polar surface area (TPSA) is 113 Å². The molecule has 0 bridgehead atoms. The first-order valence-electron chi connectivity index (χ1n) is 15.5. The second kappa shape index (κ2) is 13.3. The molecule has 1 N–H and O–H groups in total. The third kappa shape index (κ3) is 9.04. The molecule has 254 valence electrons. The average molecular weight is 673 g/mol. The summed E-state index contributed by atoms with van der Waals surface area (Å²) in [6.45, 7) is 33.4. The van der Waals surface area contributed by atoms with E-state index in [0.717, 1.165) is 0 Å². The van der Waals surface area contributed by atoms with Gasteiger partial charge in [0.05, 0.1) is 6.61 Å². The highest BCUT2D eigenvalue weighted by molar-refractivity contribution is 6.75. The smallest absolute Gasteiger partial charge is 0.414 e. The Balaban J connectivity index is 2.63. The van der Waals surface area contributed by atoms with Crippen LogP contribution in [0.5, 0.6) is 0 Å². The van der Waals surface area contributed by atoms with Crippen molar-refractivity contribution in [3.8, 4) is 0 Å². The summed E-state index contributed by atoms with van der Waals surface area (Å²) in [5, 5.41) is -0.146. The molecule has 1 saturated heterocycles. The van der Waals surface area contributed by atoms with Crippen molar-refractivity contribution in [3.05, 3.63) is 22.7 Å². The van der Waals surface area contributed by atoms with Gasteiger partial charge in [0.1, 0.15) is 18.3 Å². The maximum Gasteiger partial charge on any atom is 0.433 e. The second-order valence-corrected chi connectivity index (χ2v) is 31.0. The molecule has 0 saturated carbocycles. The van der Waals surface area contributed by atoms with E-state index in [0.29, 0.717) is 6.61 Å². The molecule has 0 aliphatic carbocycles. The minimum absolute atomic E-state index is 0.0115. The van der Waals surface area contributed by atoms with Crippen molar-refractivity contribution in [2.24, 2.45) is 0 Å². The normalized spacial score (nSPS) is 22.2. The summed E-state index contributed by atoms with van der Waals surface area (Å²) < 4.78 is 29.1. The summed E-state index contributed by atoms with van der Waals surface area (Å²) in [6.07, 6.45) is -1.34. The van der Waals surface area contributed by atoms with Gasteiger partial charge in [-0.25, -0.2) is 9.59 Å². The van der Waals surface area contributed by atoms with Gasteiger partial charge in [0.25, 0.3) is 0 Å². The fourth-order valence-corrected chi connectivity index (χ4v) is 7.34. The molecule has 44 heavy (non-hydrogen) atoms. The SMILES string of the molecule is CN(C)C(=O)ONc1ccn([C@@H]2O[C@H](CO[Si](C)(C)C(C)(C)C)[C@H](O[Si](C)(C)C(C)(C)C)C2O[Si](C)(C)C(C)(C)C)c(=O)n1. The zero-order chi connectivity index (χ0) is 34.3. The number of carbonyl (C=O) groups is 1. The number of hydrogen-bond acceptors (Lipinski definition) is 9. The molecule has 2 heterocycles. The van der Waals surface area contributed by atoms with E-state index >= 15 is 0 Å². The van der Waals surface area contributed by atoms with Gasteiger partial charge in [-0.15, -0.1) is 0 Å². The molecule has 1 aliphatic heterocycles. The summed E-state index contributed by atoms with van der Waals surface area (Å²) in [4.78, 5) is 35.7. The van der Waals surface area contributed by atoms with Crippen molar-refractivity contribution in [2.75, 3.05) is 26.2 Å². The minimum Gasteiger partial charge on any atom is -0.414 e. The molecule has 1 unspecified atom stereocenters. The number of rotatable bonds is 10. The Morgan fingerprint density at radius 3 is 1.80 bits per heavy atom. The first-order valence-corrected chi connectivity index (χ1v) is 24.2. The lowest BCUT2D eigenvalue weighted by molar-refractivity contribution is -0.0509. The number of anilines is 1. The van der Waals surface area contributed by atoms with E-state index in [1.807, 2.05) is 0 Å². The molecule has 11 nitrogen and oxygen atoms in total. The lowest BCUT2D eigenvalue weighted by Crippen LogP contribution is -2.54. The van der Waals surface area contributed by atoms with Gasteiger partial charge in [0, 0.05) is 26.4 Å². The van der Waals surface area contributed by atoms with E-state index in [1.54, 1.807) is 26.4 Å². The Morgan fingerprint density at radius 1 is 0.886 bits per heavy atom.